The number of hydrogen-bond acceptors (Lipinski definition) is 1. The minimum atomic E-state index is -0.345. The molecule has 82 valence electrons. The van der Waals surface area contributed by atoms with E-state index in [0.29, 0.717) is 5.56 Å². The Bertz CT molecular complexity index is 453. The van der Waals surface area contributed by atoms with E-state index in [9.17, 15) is 4.39 Å². The summed E-state index contributed by atoms with van der Waals surface area (Å²) in [5.74, 6) is -0.238. The van der Waals surface area contributed by atoms with Crippen LogP contribution in [0.2, 0.25) is 0 Å². The van der Waals surface area contributed by atoms with Crippen molar-refractivity contribution in [1.82, 2.24) is 0 Å². The third-order valence-electron chi connectivity index (χ3n) is 2.53. The minimum Gasteiger partial charge on any atom is -0.372 e. The number of halogens is 1. The van der Waals surface area contributed by atoms with Crippen molar-refractivity contribution in [2.45, 2.75) is 6.10 Å². The van der Waals surface area contributed by atoms with E-state index in [1.54, 1.807) is 19.2 Å². The molecule has 1 nitrogen and oxygen atoms in total. The summed E-state index contributed by atoms with van der Waals surface area (Å²) in [6.07, 6.45) is -0.345. The van der Waals surface area contributed by atoms with Gasteiger partial charge in [-0.1, -0.05) is 48.5 Å². The van der Waals surface area contributed by atoms with E-state index in [2.05, 4.69) is 0 Å². The van der Waals surface area contributed by atoms with Gasteiger partial charge in [0.1, 0.15) is 11.9 Å². The van der Waals surface area contributed by atoms with Crippen LogP contribution < -0.4 is 0 Å². The van der Waals surface area contributed by atoms with Crippen molar-refractivity contribution >= 4 is 0 Å². The second-order valence-corrected chi connectivity index (χ2v) is 3.55. The first-order valence-corrected chi connectivity index (χ1v) is 5.15. The highest BCUT2D eigenvalue weighted by Gasteiger charge is 2.16. The van der Waals surface area contributed by atoms with Crippen LogP contribution in [0.25, 0.3) is 0 Å². The Labute approximate surface area is 94.5 Å². The maximum absolute atomic E-state index is 13.6. The molecule has 0 N–H and O–H groups in total. The summed E-state index contributed by atoms with van der Waals surface area (Å²) in [7, 11) is 1.59. The van der Waals surface area contributed by atoms with Gasteiger partial charge >= 0.3 is 0 Å². The molecule has 2 rings (SSSR count). The highest BCUT2D eigenvalue weighted by Crippen LogP contribution is 2.26. The fourth-order valence-electron chi connectivity index (χ4n) is 1.76. The third kappa shape index (κ3) is 2.12. The van der Waals surface area contributed by atoms with E-state index in [1.807, 2.05) is 36.4 Å². The van der Waals surface area contributed by atoms with Gasteiger partial charge in [0.15, 0.2) is 0 Å². The fourth-order valence-corrected chi connectivity index (χ4v) is 1.76. The van der Waals surface area contributed by atoms with Crippen LogP contribution in [0.1, 0.15) is 17.2 Å². The number of ether oxygens (including phenoxy) is 1. The second-order valence-electron chi connectivity index (χ2n) is 3.55. The Morgan fingerprint density at radius 3 is 2.19 bits per heavy atom. The van der Waals surface area contributed by atoms with Crippen molar-refractivity contribution in [1.29, 1.82) is 0 Å². The lowest BCUT2D eigenvalue weighted by Crippen LogP contribution is -2.05. The van der Waals surface area contributed by atoms with E-state index in [1.165, 1.54) is 6.07 Å². The first kappa shape index (κ1) is 10.8. The summed E-state index contributed by atoms with van der Waals surface area (Å²) in [6.45, 7) is 0. The smallest absolute Gasteiger partial charge is 0.129 e. The summed E-state index contributed by atoms with van der Waals surface area (Å²) in [5.41, 5.74) is 1.52. The average molecular weight is 216 g/mol. The van der Waals surface area contributed by atoms with Crippen LogP contribution in [-0.2, 0) is 4.74 Å². The quantitative estimate of drug-likeness (QED) is 0.762. The van der Waals surface area contributed by atoms with E-state index in [0.717, 1.165) is 5.56 Å². The van der Waals surface area contributed by atoms with Gasteiger partial charge in [-0.3, -0.25) is 0 Å². The van der Waals surface area contributed by atoms with Gasteiger partial charge in [-0.2, -0.15) is 0 Å². The van der Waals surface area contributed by atoms with Gasteiger partial charge in [-0.15, -0.1) is 0 Å². The third-order valence-corrected chi connectivity index (χ3v) is 2.53. The highest BCUT2D eigenvalue weighted by atomic mass is 19.1. The van der Waals surface area contributed by atoms with E-state index < -0.39 is 0 Å². The highest BCUT2D eigenvalue weighted by molar-refractivity contribution is 5.30. The number of rotatable bonds is 3. The van der Waals surface area contributed by atoms with Crippen LogP contribution >= 0.6 is 0 Å². The predicted octanol–water partition coefficient (Wildman–Crippen LogP) is 3.56. The molecule has 16 heavy (non-hydrogen) atoms. The van der Waals surface area contributed by atoms with Crippen LogP contribution in [0.3, 0.4) is 0 Å². The monoisotopic (exact) mass is 216 g/mol. The molecule has 0 saturated heterocycles. The van der Waals surface area contributed by atoms with E-state index in [-0.39, 0.29) is 11.9 Å². The Morgan fingerprint density at radius 2 is 1.56 bits per heavy atom. The molecule has 0 aliphatic heterocycles. The zero-order valence-electron chi connectivity index (χ0n) is 9.06. The normalized spacial score (nSPS) is 12.4. The molecule has 1 unspecified atom stereocenters. The molecule has 0 radical (unpaired) electrons. The summed E-state index contributed by atoms with van der Waals surface area (Å²) in [4.78, 5) is 0. The summed E-state index contributed by atoms with van der Waals surface area (Å²) in [5, 5.41) is 0. The van der Waals surface area contributed by atoms with Crippen LogP contribution in [0, 0.1) is 5.82 Å². The van der Waals surface area contributed by atoms with Gasteiger partial charge in [0.25, 0.3) is 0 Å². The van der Waals surface area contributed by atoms with Crippen molar-refractivity contribution in [2.75, 3.05) is 7.11 Å². The SMILES string of the molecule is COC(c1ccccc1)c1ccccc1F. The molecule has 0 spiro atoms. The van der Waals surface area contributed by atoms with E-state index >= 15 is 0 Å². The first-order valence-electron chi connectivity index (χ1n) is 5.15. The number of methoxy groups -OCH3 is 1. The molecular formula is C14H13FO. The van der Waals surface area contributed by atoms with E-state index in [4.69, 9.17) is 4.74 Å². The van der Waals surface area contributed by atoms with Crippen molar-refractivity contribution < 1.29 is 9.13 Å². The van der Waals surface area contributed by atoms with Gasteiger partial charge in [-0.05, 0) is 11.6 Å². The van der Waals surface area contributed by atoms with Crippen molar-refractivity contribution in [2.24, 2.45) is 0 Å². The lowest BCUT2D eigenvalue weighted by molar-refractivity contribution is 0.133. The van der Waals surface area contributed by atoms with Crippen LogP contribution in [-0.4, -0.2) is 7.11 Å². The zero-order chi connectivity index (χ0) is 11.4. The molecule has 0 aliphatic rings. The van der Waals surface area contributed by atoms with Gasteiger partial charge in [0, 0.05) is 12.7 Å². The lowest BCUT2D eigenvalue weighted by Gasteiger charge is -2.16. The maximum Gasteiger partial charge on any atom is 0.129 e. The molecule has 0 amide bonds. The van der Waals surface area contributed by atoms with Gasteiger partial charge in [-0.25, -0.2) is 4.39 Å². The molecule has 0 fully saturated rings. The molecule has 0 aromatic heterocycles. The first-order chi connectivity index (χ1) is 7.83. The van der Waals surface area contributed by atoms with Gasteiger partial charge in [0.2, 0.25) is 0 Å². The zero-order valence-corrected chi connectivity index (χ0v) is 9.06. The molecule has 0 aliphatic carbocycles. The number of benzene rings is 2. The summed E-state index contributed by atoms with van der Waals surface area (Å²) < 4.78 is 19.0. The Morgan fingerprint density at radius 1 is 0.938 bits per heavy atom. The van der Waals surface area contributed by atoms with Crippen LogP contribution in [0.4, 0.5) is 4.39 Å². The van der Waals surface area contributed by atoms with Crippen molar-refractivity contribution in [3.05, 3.63) is 71.5 Å². The fraction of sp³-hybridized carbons (Fsp3) is 0.143. The Kier molecular flexibility index (Phi) is 3.32. The standard InChI is InChI=1S/C14H13FO/c1-16-14(11-7-3-2-4-8-11)12-9-5-6-10-13(12)15/h2-10,14H,1H3. The Balaban J connectivity index is 2.41. The molecule has 1 atom stereocenters. The summed E-state index contributed by atoms with van der Waals surface area (Å²) >= 11 is 0. The summed E-state index contributed by atoms with van der Waals surface area (Å²) in [6, 6.07) is 16.3. The van der Waals surface area contributed by atoms with Gasteiger partial charge in [0.05, 0.1) is 0 Å². The second kappa shape index (κ2) is 4.90. The molecule has 2 aromatic rings. The molecule has 0 heterocycles. The predicted molar refractivity (Wildman–Crippen MR) is 61.7 cm³/mol. The Hall–Kier alpha value is -1.67. The average Bonchev–Trinajstić information content (AvgIpc) is 2.34. The van der Waals surface area contributed by atoms with Crippen LogP contribution in [0.15, 0.2) is 54.6 Å². The molecule has 0 saturated carbocycles. The minimum absolute atomic E-state index is 0.238. The van der Waals surface area contributed by atoms with Crippen LogP contribution in [0.5, 0.6) is 0 Å². The topological polar surface area (TPSA) is 9.23 Å². The number of hydrogen-bond donors (Lipinski definition) is 0. The maximum atomic E-state index is 13.6. The molecule has 2 aromatic carbocycles. The molecule has 2 heteroatoms. The largest absolute Gasteiger partial charge is 0.372 e. The molecular weight excluding hydrogens is 203 g/mol. The van der Waals surface area contributed by atoms with Crippen molar-refractivity contribution in [3.8, 4) is 0 Å². The van der Waals surface area contributed by atoms with Crippen molar-refractivity contribution in [3.63, 3.8) is 0 Å². The molecule has 0 bridgehead atoms. The lowest BCUT2D eigenvalue weighted by atomic mass is 10.0. The van der Waals surface area contributed by atoms with Gasteiger partial charge < -0.3 is 4.74 Å².